The zero-order valence-electron chi connectivity index (χ0n) is 14.7. The van der Waals surface area contributed by atoms with E-state index in [0.29, 0.717) is 0 Å². The summed E-state index contributed by atoms with van der Waals surface area (Å²) in [6.07, 6.45) is 0.882. The second-order valence-corrected chi connectivity index (χ2v) is 6.97. The smallest absolute Gasteiger partial charge is 0.221 e. The van der Waals surface area contributed by atoms with Gasteiger partial charge in [0.1, 0.15) is 5.75 Å². The molecule has 2 atom stereocenters. The molecule has 0 unspecified atom stereocenters. The fraction of sp³-hybridized carbons (Fsp3) is 0.174. The maximum absolute atomic E-state index is 6.52. The Kier molecular flexibility index (Phi) is 3.35. The molecule has 0 aromatic heterocycles. The summed E-state index contributed by atoms with van der Waals surface area (Å²) in [5.74, 6) is 0.949. The second-order valence-electron chi connectivity index (χ2n) is 6.97. The monoisotopic (exact) mass is 340 g/mol. The lowest BCUT2D eigenvalue weighted by atomic mass is 9.92. The van der Waals surface area contributed by atoms with Crippen LogP contribution in [0.2, 0.25) is 0 Å². The molecular formula is C23H20N2O. The molecule has 26 heavy (non-hydrogen) atoms. The van der Waals surface area contributed by atoms with Crippen LogP contribution in [-0.4, -0.2) is 10.7 Å². The first-order valence-electron chi connectivity index (χ1n) is 9.01. The van der Waals surface area contributed by atoms with Crippen molar-refractivity contribution in [1.29, 1.82) is 0 Å². The van der Waals surface area contributed by atoms with Gasteiger partial charge in [0.05, 0.1) is 11.8 Å². The summed E-state index contributed by atoms with van der Waals surface area (Å²) in [4.78, 5) is 0. The number of hydrogen-bond donors (Lipinski definition) is 0. The molecule has 3 heteroatoms. The number of para-hydroxylation sites is 1. The minimum Gasteiger partial charge on any atom is -0.462 e. The van der Waals surface area contributed by atoms with Crippen molar-refractivity contribution in [2.75, 3.05) is 0 Å². The summed E-state index contributed by atoms with van der Waals surface area (Å²) in [5.41, 5.74) is 3.97. The van der Waals surface area contributed by atoms with Crippen LogP contribution in [-0.2, 0) is 5.72 Å². The Hall–Kier alpha value is -3.07. The zero-order chi connectivity index (χ0) is 17.6. The highest BCUT2D eigenvalue weighted by Crippen LogP contribution is 2.50. The van der Waals surface area contributed by atoms with Gasteiger partial charge in [-0.05, 0) is 11.6 Å². The van der Waals surface area contributed by atoms with Crippen LogP contribution in [0.25, 0.3) is 0 Å². The van der Waals surface area contributed by atoms with Crippen molar-refractivity contribution in [1.82, 2.24) is 5.01 Å². The Morgan fingerprint density at radius 1 is 0.885 bits per heavy atom. The molecule has 3 aromatic carbocycles. The molecule has 2 heterocycles. The molecule has 0 aliphatic carbocycles. The van der Waals surface area contributed by atoms with Gasteiger partial charge < -0.3 is 4.74 Å². The maximum atomic E-state index is 6.52. The topological polar surface area (TPSA) is 24.8 Å². The summed E-state index contributed by atoms with van der Waals surface area (Å²) in [5, 5.41) is 7.18. The lowest BCUT2D eigenvalue weighted by Gasteiger charge is -2.46. The highest BCUT2D eigenvalue weighted by Gasteiger charge is 2.48. The van der Waals surface area contributed by atoms with E-state index in [1.165, 1.54) is 11.1 Å². The van der Waals surface area contributed by atoms with Gasteiger partial charge in [0.2, 0.25) is 5.72 Å². The molecule has 0 amide bonds. The SMILES string of the molecule is C[C@]1(c2ccccc2)Oc2ccccc2[C@H]2CC(c3ccccc3)=NN21. The number of hydrazone groups is 1. The van der Waals surface area contributed by atoms with Gasteiger partial charge in [0.15, 0.2) is 0 Å². The predicted molar refractivity (Wildman–Crippen MR) is 103 cm³/mol. The lowest BCUT2D eigenvalue weighted by molar-refractivity contribution is -0.112. The van der Waals surface area contributed by atoms with Crippen LogP contribution in [0, 0.1) is 0 Å². The van der Waals surface area contributed by atoms with Crippen LogP contribution in [0.1, 0.15) is 36.1 Å². The van der Waals surface area contributed by atoms with Gasteiger partial charge >= 0.3 is 0 Å². The van der Waals surface area contributed by atoms with E-state index in [9.17, 15) is 0 Å². The number of hydrogen-bond acceptors (Lipinski definition) is 3. The third-order valence-electron chi connectivity index (χ3n) is 5.35. The van der Waals surface area contributed by atoms with E-state index in [2.05, 4.69) is 78.7 Å². The highest BCUT2D eigenvalue weighted by atomic mass is 16.5. The Morgan fingerprint density at radius 3 is 2.31 bits per heavy atom. The van der Waals surface area contributed by atoms with Crippen LogP contribution in [0.3, 0.4) is 0 Å². The van der Waals surface area contributed by atoms with Crippen molar-refractivity contribution >= 4 is 5.71 Å². The van der Waals surface area contributed by atoms with Gasteiger partial charge in [-0.25, -0.2) is 5.01 Å². The van der Waals surface area contributed by atoms with Crippen molar-refractivity contribution in [2.45, 2.75) is 25.1 Å². The van der Waals surface area contributed by atoms with Crippen molar-refractivity contribution in [3.8, 4) is 5.75 Å². The molecule has 2 aliphatic rings. The molecule has 128 valence electrons. The van der Waals surface area contributed by atoms with E-state index >= 15 is 0 Å². The number of nitrogens with zero attached hydrogens (tertiary/aromatic N) is 2. The average molecular weight is 340 g/mol. The standard InChI is InChI=1S/C23H20N2O/c1-23(18-12-6-3-7-13-18)25-21(19-14-8-9-15-22(19)26-23)16-20(24-25)17-10-4-2-5-11-17/h2-15,21H,16H2,1H3/t21-,23-/m1/s1. The molecule has 0 saturated carbocycles. The van der Waals surface area contributed by atoms with Crippen LogP contribution in [0.15, 0.2) is 90.0 Å². The van der Waals surface area contributed by atoms with Gasteiger partial charge in [-0.3, -0.25) is 0 Å². The number of benzene rings is 3. The summed E-state index contributed by atoms with van der Waals surface area (Å²) in [6, 6.07) is 29.3. The lowest BCUT2D eigenvalue weighted by Crippen LogP contribution is -2.48. The molecule has 2 aliphatic heterocycles. The van der Waals surface area contributed by atoms with Gasteiger partial charge in [0, 0.05) is 24.5 Å². The molecule has 0 N–H and O–H groups in total. The highest BCUT2D eigenvalue weighted by molar-refractivity contribution is 6.01. The summed E-state index contributed by atoms with van der Waals surface area (Å²) < 4.78 is 6.52. The van der Waals surface area contributed by atoms with E-state index in [4.69, 9.17) is 9.84 Å². The Bertz CT molecular complexity index is 968. The normalized spacial score (nSPS) is 23.7. The molecule has 0 saturated heterocycles. The number of fused-ring (bicyclic) bond motifs is 3. The summed E-state index contributed by atoms with van der Waals surface area (Å²) in [6.45, 7) is 2.11. The third-order valence-corrected chi connectivity index (χ3v) is 5.35. The van der Waals surface area contributed by atoms with Crippen LogP contribution < -0.4 is 4.74 Å². The van der Waals surface area contributed by atoms with Gasteiger partial charge in [-0.1, -0.05) is 78.9 Å². The maximum Gasteiger partial charge on any atom is 0.221 e. The molecule has 0 spiro atoms. The van der Waals surface area contributed by atoms with Gasteiger partial charge in [-0.2, -0.15) is 5.10 Å². The molecule has 0 radical (unpaired) electrons. The van der Waals surface area contributed by atoms with E-state index in [1.54, 1.807) is 0 Å². The van der Waals surface area contributed by atoms with Crippen molar-refractivity contribution < 1.29 is 4.74 Å². The van der Waals surface area contributed by atoms with Gasteiger partial charge in [0.25, 0.3) is 0 Å². The van der Waals surface area contributed by atoms with Crippen LogP contribution in [0.4, 0.5) is 0 Å². The quantitative estimate of drug-likeness (QED) is 0.648. The van der Waals surface area contributed by atoms with E-state index in [0.717, 1.165) is 23.4 Å². The van der Waals surface area contributed by atoms with Gasteiger partial charge in [-0.15, -0.1) is 0 Å². The zero-order valence-corrected chi connectivity index (χ0v) is 14.7. The molecule has 0 fully saturated rings. The summed E-state index contributed by atoms with van der Waals surface area (Å²) in [7, 11) is 0. The number of ether oxygens (including phenoxy) is 1. The fourth-order valence-electron chi connectivity index (χ4n) is 4.00. The van der Waals surface area contributed by atoms with Crippen LogP contribution >= 0.6 is 0 Å². The van der Waals surface area contributed by atoms with Crippen molar-refractivity contribution in [3.63, 3.8) is 0 Å². The Morgan fingerprint density at radius 2 is 1.54 bits per heavy atom. The fourth-order valence-corrected chi connectivity index (χ4v) is 4.00. The van der Waals surface area contributed by atoms with Crippen molar-refractivity contribution in [3.05, 3.63) is 102 Å². The van der Waals surface area contributed by atoms with E-state index in [-0.39, 0.29) is 6.04 Å². The van der Waals surface area contributed by atoms with E-state index in [1.807, 2.05) is 18.2 Å². The minimum absolute atomic E-state index is 0.181. The van der Waals surface area contributed by atoms with Crippen LogP contribution in [0.5, 0.6) is 5.75 Å². The molecule has 5 rings (SSSR count). The molecule has 3 nitrogen and oxygen atoms in total. The third kappa shape index (κ3) is 2.24. The largest absolute Gasteiger partial charge is 0.462 e. The van der Waals surface area contributed by atoms with E-state index < -0.39 is 5.72 Å². The first-order valence-corrected chi connectivity index (χ1v) is 9.01. The average Bonchev–Trinajstić information content (AvgIpc) is 3.16. The summed E-state index contributed by atoms with van der Waals surface area (Å²) >= 11 is 0. The molecule has 3 aromatic rings. The first-order chi connectivity index (χ1) is 12.8. The number of rotatable bonds is 2. The predicted octanol–water partition coefficient (Wildman–Crippen LogP) is 5.10. The molecule has 0 bridgehead atoms. The minimum atomic E-state index is -0.628. The second kappa shape index (κ2) is 5.73. The Balaban J connectivity index is 1.66. The first kappa shape index (κ1) is 15.2. The Labute approximate surface area is 153 Å². The molecular weight excluding hydrogens is 320 g/mol. The van der Waals surface area contributed by atoms with Crippen molar-refractivity contribution in [2.24, 2.45) is 5.10 Å².